The van der Waals surface area contributed by atoms with E-state index in [4.69, 9.17) is 9.57 Å². The summed E-state index contributed by atoms with van der Waals surface area (Å²) in [6.07, 6.45) is 9.08. The molecule has 1 aliphatic rings. The van der Waals surface area contributed by atoms with Gasteiger partial charge in [0.15, 0.2) is 0 Å². The molecular weight excluding hydrogens is 494 g/mol. The zero-order valence-corrected chi connectivity index (χ0v) is 23.1. The van der Waals surface area contributed by atoms with Gasteiger partial charge in [-0.05, 0) is 75.1 Å². The Hall–Kier alpha value is -3.23. The van der Waals surface area contributed by atoms with Crippen molar-refractivity contribution in [3.63, 3.8) is 0 Å². The van der Waals surface area contributed by atoms with E-state index in [1.54, 1.807) is 0 Å². The van der Waals surface area contributed by atoms with E-state index in [0.29, 0.717) is 32.4 Å². The molecule has 0 aliphatic heterocycles. The van der Waals surface area contributed by atoms with Crippen LogP contribution in [0.1, 0.15) is 88.3 Å². The number of anilines is 1. The van der Waals surface area contributed by atoms with Crippen molar-refractivity contribution in [3.8, 4) is 0 Å². The van der Waals surface area contributed by atoms with E-state index in [1.165, 1.54) is 0 Å². The van der Waals surface area contributed by atoms with Crippen molar-refractivity contribution < 1.29 is 24.0 Å². The van der Waals surface area contributed by atoms with Crippen LogP contribution in [0.15, 0.2) is 54.6 Å². The summed E-state index contributed by atoms with van der Waals surface area (Å²) in [5.74, 6) is -0.342. The third-order valence-electron chi connectivity index (χ3n) is 6.81. The van der Waals surface area contributed by atoms with Gasteiger partial charge >= 0.3 is 5.97 Å². The number of hydroxylamine groups is 1. The van der Waals surface area contributed by atoms with E-state index in [9.17, 15) is 14.4 Å². The van der Waals surface area contributed by atoms with Crippen molar-refractivity contribution in [1.29, 1.82) is 0 Å². The molecule has 0 saturated heterocycles. The van der Waals surface area contributed by atoms with Gasteiger partial charge in [-0.15, -0.1) is 0 Å². The Labute approximate surface area is 232 Å². The summed E-state index contributed by atoms with van der Waals surface area (Å²) in [5, 5.41) is 6.37. The minimum atomic E-state index is -0.506. The molecule has 0 radical (unpaired) electrons. The Bertz CT molecular complexity index is 1020. The highest BCUT2D eigenvalue weighted by atomic mass is 16.6. The number of benzene rings is 2. The van der Waals surface area contributed by atoms with E-state index >= 15 is 0 Å². The van der Waals surface area contributed by atoms with Crippen LogP contribution in [0.2, 0.25) is 0 Å². The maximum absolute atomic E-state index is 13.0. The molecule has 39 heavy (non-hydrogen) atoms. The Balaban J connectivity index is 1.39. The molecule has 1 saturated carbocycles. The Morgan fingerprint density at radius 1 is 0.897 bits per heavy atom. The van der Waals surface area contributed by atoms with E-state index in [0.717, 1.165) is 68.2 Å². The summed E-state index contributed by atoms with van der Waals surface area (Å²) in [4.78, 5) is 41.8. The topological polar surface area (TPSA) is 106 Å². The van der Waals surface area contributed by atoms with E-state index < -0.39 is 6.04 Å². The van der Waals surface area contributed by atoms with Crippen LogP contribution in [-0.2, 0) is 30.4 Å². The van der Waals surface area contributed by atoms with Gasteiger partial charge in [0, 0.05) is 25.1 Å². The third-order valence-corrected chi connectivity index (χ3v) is 6.81. The van der Waals surface area contributed by atoms with Crippen molar-refractivity contribution in [3.05, 3.63) is 65.7 Å². The number of rotatable bonds is 17. The molecule has 0 bridgehead atoms. The van der Waals surface area contributed by atoms with Crippen LogP contribution in [0.4, 0.5) is 5.69 Å². The number of esters is 1. The third kappa shape index (κ3) is 11.6. The smallest absolute Gasteiger partial charge is 0.328 e. The zero-order valence-electron chi connectivity index (χ0n) is 23.1. The van der Waals surface area contributed by atoms with Crippen LogP contribution in [0.25, 0.3) is 0 Å². The van der Waals surface area contributed by atoms with Crippen molar-refractivity contribution >= 4 is 23.5 Å². The van der Waals surface area contributed by atoms with Crippen molar-refractivity contribution in [1.82, 2.24) is 10.8 Å². The molecule has 2 amide bonds. The van der Waals surface area contributed by atoms with Crippen molar-refractivity contribution in [2.45, 2.75) is 89.7 Å². The second kappa shape index (κ2) is 17.4. The summed E-state index contributed by atoms with van der Waals surface area (Å²) in [7, 11) is 0. The lowest BCUT2D eigenvalue weighted by molar-refractivity contribution is -0.151. The first-order chi connectivity index (χ1) is 19.0. The number of amides is 2. The fourth-order valence-corrected chi connectivity index (χ4v) is 4.74. The number of unbranched alkanes of at least 4 members (excludes halogenated alkanes) is 3. The average Bonchev–Trinajstić information content (AvgIpc) is 3.45. The minimum Gasteiger partial charge on any atom is -0.461 e. The first-order valence-electron chi connectivity index (χ1n) is 14.3. The van der Waals surface area contributed by atoms with Gasteiger partial charge in [0.2, 0.25) is 11.8 Å². The molecule has 8 nitrogen and oxygen atoms in total. The Kier molecular flexibility index (Phi) is 13.5. The van der Waals surface area contributed by atoms with Gasteiger partial charge in [-0.2, -0.15) is 0 Å². The number of hydrogen-bond acceptors (Lipinski definition) is 6. The first kappa shape index (κ1) is 30.3. The molecule has 0 heterocycles. The molecular formula is C31H43N3O5. The standard InChI is InChI=1S/C31H43N3O5/c1-2-38-34-29(36)20-9-4-3-8-19-28(35)33-26-16-12-13-24(23-26)21-22-32-30(25-14-6-5-7-15-25)31(37)39-27-17-10-11-18-27/h5-7,12-16,23,27,30,32H,2-4,8-11,17-22H2,1H3,(H,33,35)(H,34,36)/t30-/m0/s1. The van der Waals surface area contributed by atoms with Crippen LogP contribution >= 0.6 is 0 Å². The molecule has 1 fully saturated rings. The fourth-order valence-electron chi connectivity index (χ4n) is 4.74. The summed E-state index contributed by atoms with van der Waals surface area (Å²) in [6.45, 7) is 2.86. The van der Waals surface area contributed by atoms with Crippen molar-refractivity contribution in [2.24, 2.45) is 0 Å². The maximum Gasteiger partial charge on any atom is 0.328 e. The molecule has 212 valence electrons. The Morgan fingerprint density at radius 2 is 1.62 bits per heavy atom. The number of carbonyl (C=O) groups excluding carboxylic acids is 3. The van der Waals surface area contributed by atoms with E-state index in [1.807, 2.05) is 61.5 Å². The minimum absolute atomic E-state index is 0.0156. The lowest BCUT2D eigenvalue weighted by Crippen LogP contribution is -2.33. The van der Waals surface area contributed by atoms with Gasteiger partial charge in [-0.25, -0.2) is 10.3 Å². The van der Waals surface area contributed by atoms with Crippen LogP contribution in [0, 0.1) is 0 Å². The lowest BCUT2D eigenvalue weighted by atomic mass is 10.1. The summed E-state index contributed by atoms with van der Waals surface area (Å²) < 4.78 is 5.80. The van der Waals surface area contributed by atoms with Gasteiger partial charge in [-0.1, -0.05) is 55.3 Å². The molecule has 3 rings (SSSR count). The highest BCUT2D eigenvalue weighted by Crippen LogP contribution is 2.24. The normalized spacial score (nSPS) is 14.1. The van der Waals surface area contributed by atoms with Crippen LogP contribution in [-0.4, -0.2) is 37.0 Å². The van der Waals surface area contributed by atoms with Crippen molar-refractivity contribution in [2.75, 3.05) is 18.5 Å². The van der Waals surface area contributed by atoms with Gasteiger partial charge < -0.3 is 15.4 Å². The number of nitrogens with one attached hydrogen (secondary N) is 3. The zero-order chi connectivity index (χ0) is 27.7. The van der Waals surface area contributed by atoms with Gasteiger partial charge in [0.25, 0.3) is 0 Å². The quantitative estimate of drug-likeness (QED) is 0.142. The van der Waals surface area contributed by atoms with Crippen LogP contribution in [0.3, 0.4) is 0 Å². The number of hydrogen-bond donors (Lipinski definition) is 3. The Morgan fingerprint density at radius 3 is 2.33 bits per heavy atom. The number of ether oxygens (including phenoxy) is 1. The summed E-state index contributed by atoms with van der Waals surface area (Å²) in [6, 6.07) is 17.0. The van der Waals surface area contributed by atoms with Gasteiger partial charge in [0.1, 0.15) is 12.1 Å². The van der Waals surface area contributed by atoms with Crippen LogP contribution in [0.5, 0.6) is 0 Å². The number of carbonyl (C=O) groups is 3. The molecule has 1 aliphatic carbocycles. The predicted molar refractivity (Wildman–Crippen MR) is 152 cm³/mol. The second-order valence-electron chi connectivity index (χ2n) is 10.0. The van der Waals surface area contributed by atoms with Gasteiger partial charge in [-0.3, -0.25) is 14.4 Å². The first-order valence-corrected chi connectivity index (χ1v) is 14.3. The molecule has 8 heteroatoms. The largest absolute Gasteiger partial charge is 0.461 e. The average molecular weight is 538 g/mol. The SMILES string of the molecule is CCONC(=O)CCCCCCC(=O)Nc1cccc(CCN[C@H](C(=O)OC2CCCC2)c2ccccc2)c1. The predicted octanol–water partition coefficient (Wildman–Crippen LogP) is 5.39. The molecule has 0 unspecified atom stereocenters. The second-order valence-corrected chi connectivity index (χ2v) is 10.0. The van der Waals surface area contributed by atoms with Gasteiger partial charge in [0.05, 0.1) is 6.61 Å². The maximum atomic E-state index is 13.0. The van der Waals surface area contributed by atoms with E-state index in [2.05, 4.69) is 16.1 Å². The summed E-state index contributed by atoms with van der Waals surface area (Å²) >= 11 is 0. The lowest BCUT2D eigenvalue weighted by Gasteiger charge is -2.21. The molecule has 0 spiro atoms. The van der Waals surface area contributed by atoms with E-state index in [-0.39, 0.29) is 23.9 Å². The summed E-state index contributed by atoms with van der Waals surface area (Å²) in [5.41, 5.74) is 5.13. The highest BCUT2D eigenvalue weighted by Gasteiger charge is 2.26. The molecule has 0 aromatic heterocycles. The molecule has 3 N–H and O–H groups in total. The fraction of sp³-hybridized carbons (Fsp3) is 0.516. The molecule has 1 atom stereocenters. The molecule has 2 aromatic rings. The van der Waals surface area contributed by atoms with Crippen LogP contribution < -0.4 is 16.1 Å². The monoisotopic (exact) mass is 537 g/mol. The highest BCUT2D eigenvalue weighted by molar-refractivity contribution is 5.90. The molecule has 2 aromatic carbocycles.